The molecule has 5 atom stereocenters. The summed E-state index contributed by atoms with van der Waals surface area (Å²) >= 11 is 8.75. The second-order valence-corrected chi connectivity index (χ2v) is 6.03. The van der Waals surface area contributed by atoms with Crippen molar-refractivity contribution in [1.29, 1.82) is 0 Å². The van der Waals surface area contributed by atoms with Gasteiger partial charge in [0, 0.05) is 16.6 Å². The summed E-state index contributed by atoms with van der Waals surface area (Å²) in [6.45, 7) is -0.462. The summed E-state index contributed by atoms with van der Waals surface area (Å²) in [7, 11) is 0. The molecule has 0 radical (unpaired) electrons. The van der Waals surface area contributed by atoms with Crippen LogP contribution >= 0.6 is 27.9 Å². The second kappa shape index (κ2) is 6.94. The number of fused-ring (bicyclic) bond motifs is 1. The number of hydrogen-bond acceptors (Lipinski definition) is 6. The number of hydrogen-bond donors (Lipinski definition) is 4. The monoisotopic (exact) mass is 407 g/mol. The van der Waals surface area contributed by atoms with E-state index >= 15 is 0 Å². The maximum absolute atomic E-state index is 10.3. The van der Waals surface area contributed by atoms with Gasteiger partial charge >= 0.3 is 0 Å². The number of ether oxygens (including phenoxy) is 2. The third-order valence-electron chi connectivity index (χ3n) is 3.79. The first-order chi connectivity index (χ1) is 11.0. The average molecular weight is 409 g/mol. The molecule has 1 aromatic carbocycles. The maximum atomic E-state index is 10.3. The van der Waals surface area contributed by atoms with Gasteiger partial charge in [-0.05, 0) is 18.2 Å². The van der Waals surface area contributed by atoms with Crippen LogP contribution in [0.4, 0.5) is 0 Å². The van der Waals surface area contributed by atoms with Gasteiger partial charge in [0.05, 0.1) is 28.4 Å². The van der Waals surface area contributed by atoms with Crippen molar-refractivity contribution in [3.8, 4) is 5.75 Å². The molecule has 1 aliphatic heterocycles. The Kier molecular flexibility index (Phi) is 5.12. The molecule has 2 aromatic rings. The highest BCUT2D eigenvalue weighted by Gasteiger charge is 2.47. The molecule has 1 saturated heterocycles. The lowest BCUT2D eigenvalue weighted by Crippen LogP contribution is -2.60. The average Bonchev–Trinajstić information content (AvgIpc) is 2.92. The molecule has 0 spiro atoms. The summed E-state index contributed by atoms with van der Waals surface area (Å²) in [5, 5.41) is 30.8. The van der Waals surface area contributed by atoms with E-state index in [-0.39, 0.29) is 0 Å². The molecule has 0 unspecified atom stereocenters. The van der Waals surface area contributed by atoms with E-state index in [1.807, 2.05) is 0 Å². The minimum Gasteiger partial charge on any atom is -0.482 e. The summed E-state index contributed by atoms with van der Waals surface area (Å²) in [5.74, 6) is 0.459. The van der Waals surface area contributed by atoms with E-state index in [2.05, 4.69) is 21.2 Å². The number of aliphatic hydroxyl groups is 3. The molecule has 1 fully saturated rings. The van der Waals surface area contributed by atoms with E-state index in [1.54, 1.807) is 24.4 Å². The summed E-state index contributed by atoms with van der Waals surface area (Å²) < 4.78 is 15.9. The summed E-state index contributed by atoms with van der Waals surface area (Å²) in [5.41, 5.74) is 0.768. The highest BCUT2D eigenvalue weighted by atomic mass is 79.9. The van der Waals surface area contributed by atoms with E-state index < -0.39 is 37.3 Å². The first-order valence-corrected chi connectivity index (χ1v) is 7.91. The molecule has 0 bridgehead atoms. The molecule has 7 nitrogen and oxygen atoms in total. The van der Waals surface area contributed by atoms with Crippen molar-refractivity contribution in [3.05, 3.63) is 29.4 Å². The van der Waals surface area contributed by atoms with Crippen molar-refractivity contribution < 1.29 is 28.6 Å². The van der Waals surface area contributed by atoms with Gasteiger partial charge in [0.25, 0.3) is 0 Å². The summed E-state index contributed by atoms with van der Waals surface area (Å²) in [6, 6.07) is 5.24. The van der Waals surface area contributed by atoms with Gasteiger partial charge < -0.3 is 29.8 Å². The SMILES string of the molecule is OC[C@H]1O[C@@H](O)[C@H](OBr)[C@@H](Oc2c[nH]c3cc(Cl)ccc23)[C@@H]1O. The van der Waals surface area contributed by atoms with Gasteiger partial charge in [0.2, 0.25) is 0 Å². The zero-order valence-corrected chi connectivity index (χ0v) is 14.1. The predicted octanol–water partition coefficient (Wildman–Crippen LogP) is 1.33. The van der Waals surface area contributed by atoms with Gasteiger partial charge in [-0.1, -0.05) is 11.6 Å². The Morgan fingerprint density at radius 3 is 2.78 bits per heavy atom. The highest BCUT2D eigenvalue weighted by Crippen LogP contribution is 2.32. The van der Waals surface area contributed by atoms with Crippen molar-refractivity contribution in [2.24, 2.45) is 0 Å². The van der Waals surface area contributed by atoms with E-state index in [4.69, 9.17) is 24.9 Å². The molecule has 3 rings (SSSR count). The second-order valence-electron chi connectivity index (χ2n) is 5.22. The smallest absolute Gasteiger partial charge is 0.186 e. The maximum Gasteiger partial charge on any atom is 0.186 e. The van der Waals surface area contributed by atoms with Crippen molar-refractivity contribution in [2.75, 3.05) is 6.61 Å². The van der Waals surface area contributed by atoms with Gasteiger partial charge in [0.15, 0.2) is 18.5 Å². The Hall–Kier alpha value is -0.870. The normalized spacial score (nSPS) is 31.4. The topological polar surface area (TPSA) is 104 Å². The van der Waals surface area contributed by atoms with Crippen molar-refractivity contribution >= 4 is 38.8 Å². The zero-order chi connectivity index (χ0) is 16.6. The first kappa shape index (κ1) is 17.0. The van der Waals surface area contributed by atoms with Crippen molar-refractivity contribution in [3.63, 3.8) is 0 Å². The van der Waals surface area contributed by atoms with Crippen LogP contribution in [-0.4, -0.2) is 57.6 Å². The van der Waals surface area contributed by atoms with E-state index in [1.165, 1.54) is 0 Å². The molecule has 1 aliphatic rings. The molecule has 0 aliphatic carbocycles. The van der Waals surface area contributed by atoms with Crippen LogP contribution in [0.25, 0.3) is 10.9 Å². The van der Waals surface area contributed by atoms with E-state index in [0.29, 0.717) is 10.8 Å². The fourth-order valence-corrected chi connectivity index (χ4v) is 3.17. The fraction of sp³-hybridized carbons (Fsp3) is 0.429. The van der Waals surface area contributed by atoms with Gasteiger partial charge in [0.1, 0.15) is 18.0 Å². The Morgan fingerprint density at radius 1 is 1.30 bits per heavy atom. The molecule has 23 heavy (non-hydrogen) atoms. The molecular weight excluding hydrogens is 394 g/mol. The molecule has 0 saturated carbocycles. The lowest BCUT2D eigenvalue weighted by Gasteiger charge is -2.40. The van der Waals surface area contributed by atoms with E-state index in [0.717, 1.165) is 10.9 Å². The van der Waals surface area contributed by atoms with Crippen molar-refractivity contribution in [2.45, 2.75) is 30.7 Å². The number of aromatic nitrogens is 1. The molecule has 0 amide bonds. The third-order valence-corrected chi connectivity index (χ3v) is 4.46. The number of H-pyrrole nitrogens is 1. The van der Waals surface area contributed by atoms with Crippen molar-refractivity contribution in [1.82, 2.24) is 4.98 Å². The standard InChI is InChI=1S/C14H15BrClNO6/c15-23-13-12(11(19)10(5-18)22-14(13)20)21-9-4-17-8-3-6(16)1-2-7(8)9/h1-4,10-14,17-20H,5H2/t10-,11-,12+,13-,14-/m1/s1. The Morgan fingerprint density at radius 2 is 2.09 bits per heavy atom. The lowest BCUT2D eigenvalue weighted by atomic mass is 9.99. The van der Waals surface area contributed by atoms with Gasteiger partial charge in [-0.15, -0.1) is 0 Å². The largest absolute Gasteiger partial charge is 0.482 e. The number of nitrogens with one attached hydrogen (secondary N) is 1. The van der Waals surface area contributed by atoms with Crippen LogP contribution in [0.2, 0.25) is 5.02 Å². The van der Waals surface area contributed by atoms with Crippen LogP contribution in [0.3, 0.4) is 0 Å². The zero-order valence-electron chi connectivity index (χ0n) is 11.7. The summed E-state index contributed by atoms with van der Waals surface area (Å²) in [6.07, 6.45) is -3.85. The van der Waals surface area contributed by atoms with Gasteiger partial charge in [-0.2, -0.15) is 0 Å². The highest BCUT2D eigenvalue weighted by molar-refractivity contribution is 9.06. The number of aromatic amines is 1. The first-order valence-electron chi connectivity index (χ1n) is 6.88. The van der Waals surface area contributed by atoms with Crippen LogP contribution < -0.4 is 4.74 Å². The Labute approximate surface area is 145 Å². The minimum atomic E-state index is -1.36. The minimum absolute atomic E-state index is 0.459. The number of halogens is 2. The molecule has 1 aromatic heterocycles. The Balaban J connectivity index is 1.90. The number of aliphatic hydroxyl groups excluding tert-OH is 3. The summed E-state index contributed by atoms with van der Waals surface area (Å²) in [4.78, 5) is 3.02. The Bertz CT molecular complexity index is 682. The quantitative estimate of drug-likeness (QED) is 0.609. The van der Waals surface area contributed by atoms with Gasteiger partial charge in [-0.3, -0.25) is 3.83 Å². The molecule has 126 valence electrons. The third kappa shape index (κ3) is 3.20. The molecule has 4 N–H and O–H groups in total. The van der Waals surface area contributed by atoms with Crippen LogP contribution in [0.5, 0.6) is 5.75 Å². The molecule has 2 heterocycles. The van der Waals surface area contributed by atoms with Crippen LogP contribution in [0, 0.1) is 0 Å². The number of rotatable bonds is 4. The molecule has 9 heteroatoms. The predicted molar refractivity (Wildman–Crippen MR) is 85.5 cm³/mol. The number of benzene rings is 1. The lowest BCUT2D eigenvalue weighted by molar-refractivity contribution is -0.272. The van der Waals surface area contributed by atoms with Gasteiger partial charge in [-0.25, -0.2) is 0 Å². The van der Waals surface area contributed by atoms with Crippen LogP contribution in [-0.2, 0) is 8.57 Å². The fourth-order valence-electron chi connectivity index (χ4n) is 2.60. The van der Waals surface area contributed by atoms with Crippen LogP contribution in [0.1, 0.15) is 0 Å². The van der Waals surface area contributed by atoms with E-state index in [9.17, 15) is 15.3 Å². The van der Waals surface area contributed by atoms with Crippen LogP contribution in [0.15, 0.2) is 24.4 Å². The molecular formula is C14H15BrClNO6.